The molecule has 4 aliphatic heterocycles. The van der Waals surface area contributed by atoms with Gasteiger partial charge < -0.3 is 31.1 Å². The molecule has 5 N–H and O–H groups in total. The number of aliphatic carboxylic acids is 1. The molecule has 5 heterocycles. The molecule has 0 unspecified atom stereocenters. The third kappa shape index (κ3) is 5.08. The van der Waals surface area contributed by atoms with Crippen LogP contribution in [0.2, 0.25) is 0 Å². The van der Waals surface area contributed by atoms with Gasteiger partial charge in [0.1, 0.15) is 18.6 Å². The Morgan fingerprint density at radius 1 is 1.31 bits per heavy atom. The molecule has 8 atom stereocenters. The summed E-state index contributed by atoms with van der Waals surface area (Å²) >= 11 is 1.42. The number of likely N-dealkylation sites (tertiary alicyclic amines) is 1. The van der Waals surface area contributed by atoms with Gasteiger partial charge >= 0.3 is 5.97 Å². The highest BCUT2D eigenvalue weighted by molar-refractivity contribution is 8.03. The quantitative estimate of drug-likeness (QED) is 0.239. The summed E-state index contributed by atoms with van der Waals surface area (Å²) in [6.45, 7) is 4.84. The van der Waals surface area contributed by atoms with Gasteiger partial charge in [0.15, 0.2) is 5.78 Å². The van der Waals surface area contributed by atoms with E-state index in [4.69, 9.17) is 5.73 Å². The highest BCUT2D eigenvalue weighted by Gasteiger charge is 2.60. The zero-order valence-electron chi connectivity index (χ0n) is 21.8. The molecule has 0 saturated carbocycles. The Labute approximate surface area is 229 Å². The van der Waals surface area contributed by atoms with E-state index in [0.29, 0.717) is 24.3 Å². The van der Waals surface area contributed by atoms with Crippen LogP contribution in [-0.2, 0) is 25.7 Å². The fraction of sp³-hybridized carbons (Fsp3) is 0.708. The van der Waals surface area contributed by atoms with Crippen LogP contribution >= 0.6 is 11.8 Å². The molecule has 0 aromatic carbocycles. The zero-order valence-corrected chi connectivity index (χ0v) is 22.7. The van der Waals surface area contributed by atoms with E-state index in [2.05, 4.69) is 20.8 Å². The Kier molecular flexibility index (Phi) is 7.77. The Balaban J connectivity index is 1.23. The van der Waals surface area contributed by atoms with Crippen molar-refractivity contribution < 1.29 is 29.4 Å². The van der Waals surface area contributed by atoms with Gasteiger partial charge in [0.25, 0.3) is 0 Å². The molecule has 2 amide bonds. The molecule has 1 aromatic rings. The van der Waals surface area contributed by atoms with Crippen LogP contribution in [0.3, 0.4) is 0 Å². The fourth-order valence-electron chi connectivity index (χ4n) is 6.50. The maximum absolute atomic E-state index is 13.2. The van der Waals surface area contributed by atoms with Crippen molar-refractivity contribution in [2.75, 3.05) is 19.6 Å². The van der Waals surface area contributed by atoms with E-state index in [1.54, 1.807) is 4.90 Å². The largest absolute Gasteiger partial charge is 0.477 e. The first-order valence-corrected chi connectivity index (χ1v) is 14.1. The number of thioether (sulfide) groups is 1. The van der Waals surface area contributed by atoms with Crippen molar-refractivity contribution in [1.82, 2.24) is 35.3 Å². The number of Topliss-reactive ketones (excluding diaryl/α,β-unsaturated/α-hetero) is 1. The average molecular weight is 563 g/mol. The molecular formula is C24H34N8O6S. The van der Waals surface area contributed by atoms with E-state index < -0.39 is 24.0 Å². The van der Waals surface area contributed by atoms with Crippen molar-refractivity contribution in [2.45, 2.75) is 69.1 Å². The van der Waals surface area contributed by atoms with Gasteiger partial charge in [-0.3, -0.25) is 14.4 Å². The van der Waals surface area contributed by atoms with Gasteiger partial charge in [-0.2, -0.15) is 0 Å². The van der Waals surface area contributed by atoms with Crippen LogP contribution in [0, 0.1) is 17.8 Å². The minimum absolute atomic E-state index is 0.00611. The first-order chi connectivity index (χ1) is 18.6. The highest BCUT2D eigenvalue weighted by Crippen LogP contribution is 2.53. The Morgan fingerprint density at radius 2 is 2.08 bits per heavy atom. The molecule has 4 aliphatic rings. The molecule has 5 rings (SSSR count). The van der Waals surface area contributed by atoms with Crippen LogP contribution in [0.5, 0.6) is 0 Å². The number of nitrogens with one attached hydrogen (secondary N) is 1. The summed E-state index contributed by atoms with van der Waals surface area (Å²) in [5.74, 6) is -2.59. The zero-order chi connectivity index (χ0) is 28.0. The monoisotopic (exact) mass is 562 g/mol. The lowest BCUT2D eigenvalue weighted by molar-refractivity contribution is -0.160. The number of carboxylic acid groups (broad SMARTS) is 1. The predicted molar refractivity (Wildman–Crippen MR) is 138 cm³/mol. The van der Waals surface area contributed by atoms with Crippen molar-refractivity contribution >= 4 is 35.3 Å². The third-order valence-corrected chi connectivity index (χ3v) is 9.83. The lowest BCUT2D eigenvalue weighted by atomic mass is 9.73. The molecular weight excluding hydrogens is 528 g/mol. The number of aliphatic hydroxyl groups is 1. The molecule has 0 bridgehead atoms. The predicted octanol–water partition coefficient (Wildman–Crippen LogP) is -1.57. The maximum Gasteiger partial charge on any atom is 0.353 e. The summed E-state index contributed by atoms with van der Waals surface area (Å²) in [5, 5.41) is 34.0. The van der Waals surface area contributed by atoms with Gasteiger partial charge in [0.2, 0.25) is 11.8 Å². The van der Waals surface area contributed by atoms with Crippen molar-refractivity contribution in [1.29, 1.82) is 0 Å². The number of hydrogen-bond donors (Lipinski definition) is 4. The molecule has 14 nitrogen and oxygen atoms in total. The third-order valence-electron chi connectivity index (χ3n) is 8.31. The van der Waals surface area contributed by atoms with Crippen LogP contribution in [0.25, 0.3) is 0 Å². The number of amides is 2. The van der Waals surface area contributed by atoms with Gasteiger partial charge in [0, 0.05) is 48.2 Å². The summed E-state index contributed by atoms with van der Waals surface area (Å²) in [4.78, 5) is 54.8. The number of aromatic nitrogens is 4. The molecule has 15 heteroatoms. The standard InChI is InChI=1S/C24H34N8O6S/c1-11(3-14(33)8-30-10-27-28-29-30)18-19-12(2)21(20(24(37)38)32(19)23(18)36)39-16-5-17(26-7-16)22(35)31-9-15(34)4-13(31)6-25/h10-13,15-19,26,34H,3-9,25H2,1-2H3,(H,37,38)/t11-,12+,13-,15-,16-,17-,18+,19+/m0/s1. The number of β-lactam (4-membered cyclic amide) rings is 1. The lowest BCUT2D eigenvalue weighted by Crippen LogP contribution is -2.62. The van der Waals surface area contributed by atoms with Crippen LogP contribution in [0.15, 0.2) is 16.9 Å². The van der Waals surface area contributed by atoms with Crippen LogP contribution < -0.4 is 11.1 Å². The topological polar surface area (TPSA) is 197 Å². The van der Waals surface area contributed by atoms with E-state index in [1.807, 2.05) is 13.8 Å². The number of aliphatic hydroxyl groups excluding tert-OH is 1. The van der Waals surface area contributed by atoms with Gasteiger partial charge in [-0.05, 0) is 29.2 Å². The van der Waals surface area contributed by atoms with E-state index in [1.165, 1.54) is 27.7 Å². The number of nitrogens with two attached hydrogens (primary N) is 1. The van der Waals surface area contributed by atoms with E-state index >= 15 is 0 Å². The summed E-state index contributed by atoms with van der Waals surface area (Å²) in [6, 6.07) is -0.958. The van der Waals surface area contributed by atoms with Crippen molar-refractivity contribution in [2.24, 2.45) is 23.5 Å². The van der Waals surface area contributed by atoms with Crippen molar-refractivity contribution in [3.8, 4) is 0 Å². The number of tetrazole rings is 1. The number of carboxylic acids is 1. The molecule has 0 radical (unpaired) electrons. The van der Waals surface area contributed by atoms with Gasteiger partial charge in [-0.15, -0.1) is 16.9 Å². The van der Waals surface area contributed by atoms with Crippen molar-refractivity contribution in [3.05, 3.63) is 16.9 Å². The number of rotatable bonds is 10. The minimum Gasteiger partial charge on any atom is -0.477 e. The van der Waals surface area contributed by atoms with Gasteiger partial charge in [0.05, 0.1) is 24.1 Å². The number of hydrogen-bond acceptors (Lipinski definition) is 11. The van der Waals surface area contributed by atoms with Crippen LogP contribution in [0.1, 0.15) is 33.1 Å². The second-order valence-electron chi connectivity index (χ2n) is 11.0. The summed E-state index contributed by atoms with van der Waals surface area (Å²) in [7, 11) is 0. The lowest BCUT2D eigenvalue weighted by Gasteiger charge is -2.47. The smallest absolute Gasteiger partial charge is 0.353 e. The number of β-amino-alcohol motifs (C(OH)–C–C–N with tert-alkyl or cyclic N) is 1. The Bertz CT molecular complexity index is 1180. The first kappa shape index (κ1) is 27.7. The number of ketones is 1. The summed E-state index contributed by atoms with van der Waals surface area (Å²) in [6.07, 6.45) is 1.90. The molecule has 3 fully saturated rings. The fourth-order valence-corrected chi connectivity index (χ4v) is 7.98. The average Bonchev–Trinajstić information content (AvgIpc) is 3.67. The second kappa shape index (κ2) is 10.9. The maximum atomic E-state index is 13.2. The Morgan fingerprint density at radius 3 is 2.74 bits per heavy atom. The number of fused-ring (bicyclic) bond motifs is 1. The minimum atomic E-state index is -1.16. The van der Waals surface area contributed by atoms with Crippen LogP contribution in [0.4, 0.5) is 0 Å². The molecule has 39 heavy (non-hydrogen) atoms. The van der Waals surface area contributed by atoms with E-state index in [9.17, 15) is 29.4 Å². The highest BCUT2D eigenvalue weighted by atomic mass is 32.2. The normalized spacial score (nSPS) is 32.9. The van der Waals surface area contributed by atoms with Gasteiger partial charge in [-0.25, -0.2) is 9.48 Å². The SMILES string of the molecule is C[C@@H](CC(=O)Cn1cnnn1)[C@H]1C(=O)N2C(C(=O)O)=C(S[C@@H]3CN[C@H](C(=O)N4C[C@@H](O)C[C@H]4CN)C3)[C@H](C)[C@H]12. The Hall–Kier alpha value is -2.88. The molecule has 0 aliphatic carbocycles. The number of nitrogens with zero attached hydrogens (tertiary/aromatic N) is 6. The van der Waals surface area contributed by atoms with Crippen molar-refractivity contribution in [3.63, 3.8) is 0 Å². The number of carbonyl (C=O) groups is 4. The first-order valence-electron chi connectivity index (χ1n) is 13.2. The van der Waals surface area contributed by atoms with E-state index in [0.717, 1.165) is 0 Å². The molecule has 212 valence electrons. The summed E-state index contributed by atoms with van der Waals surface area (Å²) in [5.41, 5.74) is 5.81. The van der Waals surface area contributed by atoms with Gasteiger partial charge in [-0.1, -0.05) is 13.8 Å². The molecule has 3 saturated heterocycles. The van der Waals surface area contributed by atoms with Crippen LogP contribution in [-0.4, -0.2) is 113 Å². The molecule has 1 aromatic heterocycles. The second-order valence-corrected chi connectivity index (χ2v) is 12.3. The summed E-state index contributed by atoms with van der Waals surface area (Å²) < 4.78 is 1.33. The number of carbonyl (C=O) groups excluding carboxylic acids is 3. The van der Waals surface area contributed by atoms with E-state index in [-0.39, 0.29) is 78.5 Å². The molecule has 0 spiro atoms.